The fraction of sp³-hybridized carbons (Fsp3) is 1.00. The van der Waals surface area contributed by atoms with Crippen LogP contribution in [0.3, 0.4) is 0 Å². The molecule has 84 valence electrons. The molecule has 0 N–H and O–H groups in total. The number of rotatable bonds is 5. The number of hydrogen-bond acceptors (Lipinski definition) is 1. The van der Waals surface area contributed by atoms with E-state index >= 15 is 0 Å². The van der Waals surface area contributed by atoms with Gasteiger partial charge in [0, 0.05) is 14.7 Å². The molecule has 1 aliphatic rings. The Morgan fingerprint density at radius 1 is 1.21 bits per heavy atom. The lowest BCUT2D eigenvalue weighted by molar-refractivity contribution is 0.142. The smallest absolute Gasteiger partial charge is 0.0447 e. The summed E-state index contributed by atoms with van der Waals surface area (Å²) in [5, 5.41) is 0.711. The molecule has 0 aliphatic carbocycles. The first kappa shape index (κ1) is 12.2. The van der Waals surface area contributed by atoms with Crippen molar-refractivity contribution < 1.29 is 0 Å². The Balaban J connectivity index is 2.63. The maximum Gasteiger partial charge on any atom is 0.0447 e. The lowest BCUT2D eigenvalue weighted by Gasteiger charge is -2.46. The van der Waals surface area contributed by atoms with Gasteiger partial charge in [-0.3, -0.25) is 0 Å². The van der Waals surface area contributed by atoms with E-state index in [1.807, 2.05) is 0 Å². The Bertz CT molecular complexity index is 152. The molecule has 0 aromatic heterocycles. The van der Waals surface area contributed by atoms with Crippen LogP contribution in [0.15, 0.2) is 0 Å². The Kier molecular flexibility index (Phi) is 5.17. The van der Waals surface area contributed by atoms with Gasteiger partial charge >= 0.3 is 0 Å². The molecule has 1 fully saturated rings. The van der Waals surface area contributed by atoms with Gasteiger partial charge in [-0.2, -0.15) is 0 Å². The average Bonchev–Trinajstić information content (AvgIpc) is 2.27. The van der Waals surface area contributed by atoms with Gasteiger partial charge in [-0.25, -0.2) is 0 Å². The molecule has 0 radical (unpaired) electrons. The summed E-state index contributed by atoms with van der Waals surface area (Å²) in [7, 11) is 0.163. The van der Waals surface area contributed by atoms with Crippen molar-refractivity contribution in [1.29, 1.82) is 0 Å². The van der Waals surface area contributed by atoms with E-state index in [-0.39, 0.29) is 9.52 Å². The van der Waals surface area contributed by atoms with Crippen molar-refractivity contribution in [2.24, 2.45) is 0 Å². The normalized spacial score (nSPS) is 30.0. The number of hydrogen-bond donors (Lipinski definition) is 0. The van der Waals surface area contributed by atoms with Crippen LogP contribution in [0.1, 0.15) is 52.9 Å². The van der Waals surface area contributed by atoms with Gasteiger partial charge in [0.25, 0.3) is 0 Å². The van der Waals surface area contributed by atoms with Gasteiger partial charge in [0.1, 0.15) is 0 Å². The van der Waals surface area contributed by atoms with Gasteiger partial charge in [-0.05, 0) is 32.4 Å². The molecular formula is C12H27NSi. The molecule has 14 heavy (non-hydrogen) atoms. The molecule has 1 rings (SSSR count). The van der Waals surface area contributed by atoms with Gasteiger partial charge in [-0.1, -0.05) is 39.7 Å². The minimum absolute atomic E-state index is 0.163. The molecule has 0 bridgehead atoms. The van der Waals surface area contributed by atoms with Crippen molar-refractivity contribution >= 4 is 9.52 Å². The maximum absolute atomic E-state index is 2.80. The molecule has 1 heterocycles. The van der Waals surface area contributed by atoms with Crippen LogP contribution in [0.25, 0.3) is 0 Å². The molecule has 1 saturated heterocycles. The summed E-state index contributed by atoms with van der Waals surface area (Å²) in [6.45, 7) is 9.68. The van der Waals surface area contributed by atoms with Crippen LogP contribution in [0.2, 0.25) is 6.04 Å². The summed E-state index contributed by atoms with van der Waals surface area (Å²) in [5.41, 5.74) is 0. The summed E-state index contributed by atoms with van der Waals surface area (Å²) in [6, 6.07) is 1.59. The summed E-state index contributed by atoms with van der Waals surface area (Å²) < 4.78 is 0. The maximum atomic E-state index is 2.80. The van der Waals surface area contributed by atoms with E-state index in [1.165, 1.54) is 45.2 Å². The van der Waals surface area contributed by atoms with E-state index in [2.05, 4.69) is 25.7 Å². The summed E-state index contributed by atoms with van der Waals surface area (Å²) in [6.07, 6.45) is 7.25. The van der Waals surface area contributed by atoms with Crippen LogP contribution in [0.5, 0.6) is 0 Å². The van der Waals surface area contributed by atoms with Crippen molar-refractivity contribution in [3.63, 3.8) is 0 Å². The van der Waals surface area contributed by atoms with Crippen molar-refractivity contribution in [1.82, 2.24) is 4.90 Å². The highest BCUT2D eigenvalue weighted by Gasteiger charge is 2.34. The fourth-order valence-corrected chi connectivity index (χ4v) is 5.92. The molecule has 1 aliphatic heterocycles. The number of nitrogens with zero attached hydrogens (tertiary/aromatic N) is 1. The molecule has 1 unspecified atom stereocenters. The molecular weight excluding hydrogens is 186 g/mol. The van der Waals surface area contributed by atoms with E-state index in [0.717, 1.165) is 0 Å². The van der Waals surface area contributed by atoms with Gasteiger partial charge in [0.05, 0.1) is 0 Å². The first-order chi connectivity index (χ1) is 6.79. The molecule has 0 aromatic carbocycles. The lowest BCUT2D eigenvalue weighted by Crippen LogP contribution is -2.54. The minimum Gasteiger partial charge on any atom is -0.301 e. The first-order valence-electron chi connectivity index (χ1n) is 6.54. The third kappa shape index (κ3) is 2.60. The Morgan fingerprint density at radius 3 is 2.43 bits per heavy atom. The Morgan fingerprint density at radius 2 is 2.00 bits per heavy atom. The minimum atomic E-state index is 0.163. The first-order valence-corrected chi connectivity index (χ1v) is 8.25. The molecule has 1 nitrogen and oxygen atoms in total. The van der Waals surface area contributed by atoms with Crippen LogP contribution in [0, 0.1) is 0 Å². The zero-order chi connectivity index (χ0) is 10.4. The third-order valence-electron chi connectivity index (χ3n) is 3.99. The standard InChI is InChI=1S/C12H27NSi/c1-4-10-13(6-3)12(5-2)9-7-8-11-14-12/h4-11,14H2,1-3H3. The van der Waals surface area contributed by atoms with Crippen LogP contribution < -0.4 is 0 Å². The summed E-state index contributed by atoms with van der Waals surface area (Å²) >= 11 is 0. The molecule has 2 heteroatoms. The fourth-order valence-electron chi connectivity index (χ4n) is 3.10. The zero-order valence-corrected chi connectivity index (χ0v) is 11.7. The molecule has 0 spiro atoms. The van der Waals surface area contributed by atoms with E-state index in [1.54, 1.807) is 6.04 Å². The molecule has 0 amide bonds. The van der Waals surface area contributed by atoms with Gasteiger partial charge in [0.15, 0.2) is 0 Å². The second-order valence-corrected chi connectivity index (χ2v) is 7.24. The van der Waals surface area contributed by atoms with Crippen molar-refractivity contribution in [3.05, 3.63) is 0 Å². The monoisotopic (exact) mass is 213 g/mol. The van der Waals surface area contributed by atoms with Crippen LogP contribution in [0.4, 0.5) is 0 Å². The van der Waals surface area contributed by atoms with Crippen LogP contribution in [-0.4, -0.2) is 32.7 Å². The van der Waals surface area contributed by atoms with E-state index in [4.69, 9.17) is 0 Å². The van der Waals surface area contributed by atoms with Crippen LogP contribution >= 0.6 is 0 Å². The van der Waals surface area contributed by atoms with E-state index in [0.29, 0.717) is 5.16 Å². The molecule has 1 atom stereocenters. The second kappa shape index (κ2) is 5.91. The molecule has 0 saturated carbocycles. The summed E-state index contributed by atoms with van der Waals surface area (Å²) in [5.74, 6) is 0. The summed E-state index contributed by atoms with van der Waals surface area (Å²) in [4.78, 5) is 2.80. The van der Waals surface area contributed by atoms with Gasteiger partial charge < -0.3 is 4.90 Å². The lowest BCUT2D eigenvalue weighted by atomic mass is 10.0. The largest absolute Gasteiger partial charge is 0.301 e. The second-order valence-electron chi connectivity index (χ2n) is 4.72. The van der Waals surface area contributed by atoms with Gasteiger partial charge in [-0.15, -0.1) is 0 Å². The zero-order valence-electron chi connectivity index (χ0n) is 10.3. The topological polar surface area (TPSA) is 3.24 Å². The highest BCUT2D eigenvalue weighted by Crippen LogP contribution is 2.31. The van der Waals surface area contributed by atoms with E-state index in [9.17, 15) is 0 Å². The van der Waals surface area contributed by atoms with E-state index < -0.39 is 0 Å². The van der Waals surface area contributed by atoms with Gasteiger partial charge in [0.2, 0.25) is 0 Å². The highest BCUT2D eigenvalue weighted by atomic mass is 28.2. The quantitative estimate of drug-likeness (QED) is 0.635. The predicted octanol–water partition coefficient (Wildman–Crippen LogP) is 2.60. The average molecular weight is 213 g/mol. The highest BCUT2D eigenvalue weighted by molar-refractivity contribution is 6.40. The third-order valence-corrected chi connectivity index (χ3v) is 7.07. The van der Waals surface area contributed by atoms with Crippen molar-refractivity contribution in [3.8, 4) is 0 Å². The van der Waals surface area contributed by atoms with Crippen LogP contribution in [-0.2, 0) is 0 Å². The van der Waals surface area contributed by atoms with Crippen molar-refractivity contribution in [2.45, 2.75) is 64.1 Å². The SMILES string of the molecule is CCCN(CC)C1(CC)CCCC[SiH2]1. The predicted molar refractivity (Wildman–Crippen MR) is 67.8 cm³/mol. The Labute approximate surface area is 92.1 Å². The Hall–Kier alpha value is 0.177. The molecule has 0 aromatic rings. The van der Waals surface area contributed by atoms with Crippen molar-refractivity contribution in [2.75, 3.05) is 13.1 Å².